The molecule has 1 unspecified atom stereocenters. The van der Waals surface area contributed by atoms with Gasteiger partial charge in [0.1, 0.15) is 30.2 Å². The van der Waals surface area contributed by atoms with E-state index in [1.807, 2.05) is 24.3 Å². The predicted octanol–water partition coefficient (Wildman–Crippen LogP) is -1.48. The van der Waals surface area contributed by atoms with E-state index in [2.05, 4.69) is 52.2 Å². The fraction of sp³-hybridized carbons (Fsp3) is 0.359. The molecule has 2 aromatic carbocycles. The molecule has 1 aliphatic heterocycles. The van der Waals surface area contributed by atoms with E-state index in [4.69, 9.17) is 16.9 Å². The quantitative estimate of drug-likeness (QED) is 0.0447. The van der Waals surface area contributed by atoms with E-state index < -0.39 is 71.6 Å². The van der Waals surface area contributed by atoms with Crippen molar-refractivity contribution in [1.29, 1.82) is 5.41 Å². The highest BCUT2D eigenvalue weighted by molar-refractivity contribution is 5.97. The first-order valence-electron chi connectivity index (χ1n) is 19.1. The molecular formula is C39H49N13O7. The summed E-state index contributed by atoms with van der Waals surface area (Å²) in [5.41, 5.74) is 13.5. The normalized spacial score (nSPS) is 20.4. The minimum atomic E-state index is -1.36. The maximum Gasteiger partial charge on any atom is 0.247 e. The van der Waals surface area contributed by atoms with E-state index >= 15 is 0 Å². The second-order valence-electron chi connectivity index (χ2n) is 14.0. The van der Waals surface area contributed by atoms with Crippen LogP contribution in [0.15, 0.2) is 73.3 Å². The van der Waals surface area contributed by atoms with Crippen LogP contribution in [0, 0.1) is 5.41 Å². The Hall–Kier alpha value is -7.25. The van der Waals surface area contributed by atoms with Crippen molar-refractivity contribution in [3.05, 3.63) is 90.1 Å². The fourth-order valence-electron chi connectivity index (χ4n) is 6.56. The number of carbonyl (C=O) groups is 7. The molecule has 3 heterocycles. The van der Waals surface area contributed by atoms with Crippen molar-refractivity contribution < 1.29 is 33.6 Å². The van der Waals surface area contributed by atoms with Crippen LogP contribution in [-0.4, -0.2) is 99.5 Å². The monoisotopic (exact) mass is 811 g/mol. The first-order chi connectivity index (χ1) is 28.4. The summed E-state index contributed by atoms with van der Waals surface area (Å²) in [4.78, 5) is 105. The highest BCUT2D eigenvalue weighted by Gasteiger charge is 2.33. The molecule has 0 saturated carbocycles. The number of guanidine groups is 1. The Bertz CT molecular complexity index is 2120. The maximum atomic E-state index is 14.2. The van der Waals surface area contributed by atoms with Gasteiger partial charge in [-0.25, -0.2) is 4.98 Å². The van der Waals surface area contributed by atoms with Gasteiger partial charge in [-0.3, -0.25) is 39.0 Å². The number of para-hydroxylation sites is 1. The van der Waals surface area contributed by atoms with Gasteiger partial charge in [0, 0.05) is 62.1 Å². The minimum Gasteiger partial charge on any atom is -0.370 e. The van der Waals surface area contributed by atoms with E-state index in [0.717, 1.165) is 10.9 Å². The number of hydrogen-bond donors (Lipinski definition) is 12. The molecule has 0 spiro atoms. The smallest absolute Gasteiger partial charge is 0.247 e. The van der Waals surface area contributed by atoms with Crippen LogP contribution in [0.5, 0.6) is 0 Å². The van der Waals surface area contributed by atoms with Crippen LogP contribution in [0.2, 0.25) is 0 Å². The number of aromatic nitrogens is 3. The largest absolute Gasteiger partial charge is 0.370 e. The molecule has 5 rings (SSSR count). The molecule has 1 fully saturated rings. The number of amides is 7. The Morgan fingerprint density at radius 3 is 2.31 bits per heavy atom. The molecule has 20 nitrogen and oxygen atoms in total. The molecule has 7 amide bonds. The standard InChI is InChI=1S/C39H49N13O7/c40-34(55)29(17-23-19-46-26-10-5-4-9-25(23)26)51-36(57)28-14-16-44-31(53)12-13-32(54)48-30(18-24-20-43-21-47-24)37(58)52-33(22-7-2-1-3-8-22)38(59)50-27(35(56)49-28)11-6-15-45-39(41)42/h1-5,7-10,19-21,27-30,33,46H,6,11-18H2,(H2,40,55)(H,43,47)(H,44,53)(H,48,54)(H,49,56)(H,50,59)(H,51,57)(H,52,58)(H4,41,42,45)/t27-,28-,29-,30-,33?/m0/s1. The zero-order chi connectivity index (χ0) is 42.3. The number of imidazole rings is 1. The minimum absolute atomic E-state index is 0.0132. The Morgan fingerprint density at radius 2 is 1.58 bits per heavy atom. The number of benzene rings is 2. The van der Waals surface area contributed by atoms with E-state index in [-0.39, 0.29) is 64.0 Å². The van der Waals surface area contributed by atoms with Gasteiger partial charge in [0.2, 0.25) is 41.4 Å². The van der Waals surface area contributed by atoms with E-state index in [1.165, 1.54) is 6.33 Å². The summed E-state index contributed by atoms with van der Waals surface area (Å²) in [7, 11) is 0. The summed E-state index contributed by atoms with van der Waals surface area (Å²) in [6.07, 6.45) is 4.13. The van der Waals surface area contributed by atoms with Crippen molar-refractivity contribution >= 4 is 58.2 Å². The van der Waals surface area contributed by atoms with Crippen molar-refractivity contribution in [3.8, 4) is 0 Å². The number of aromatic amines is 2. The fourth-order valence-corrected chi connectivity index (χ4v) is 6.56. The van der Waals surface area contributed by atoms with E-state index in [9.17, 15) is 33.6 Å². The molecule has 1 aliphatic rings. The molecule has 5 atom stereocenters. The van der Waals surface area contributed by atoms with Crippen LogP contribution in [0.3, 0.4) is 0 Å². The highest BCUT2D eigenvalue weighted by atomic mass is 16.2. The number of nitrogens with one attached hydrogen (secondary N) is 10. The van der Waals surface area contributed by atoms with Gasteiger partial charge in [-0.15, -0.1) is 0 Å². The third-order valence-electron chi connectivity index (χ3n) is 9.65. The van der Waals surface area contributed by atoms with Gasteiger partial charge in [-0.2, -0.15) is 0 Å². The van der Waals surface area contributed by atoms with Crippen molar-refractivity contribution in [2.24, 2.45) is 11.5 Å². The molecule has 312 valence electrons. The molecule has 4 aromatic rings. The molecule has 2 aromatic heterocycles. The maximum absolute atomic E-state index is 14.2. The first kappa shape index (κ1) is 42.9. The summed E-state index contributed by atoms with van der Waals surface area (Å²) < 4.78 is 0. The number of nitrogens with zero attached hydrogens (tertiary/aromatic N) is 1. The van der Waals surface area contributed by atoms with E-state index in [0.29, 0.717) is 16.8 Å². The Balaban J connectivity index is 1.43. The number of H-pyrrole nitrogens is 2. The van der Waals surface area contributed by atoms with Crippen LogP contribution in [0.1, 0.15) is 55.0 Å². The second-order valence-corrected chi connectivity index (χ2v) is 14.0. The third-order valence-corrected chi connectivity index (χ3v) is 9.65. The number of carbonyl (C=O) groups excluding carboxylic acids is 7. The SMILES string of the molecule is N=C(N)NCCC[C@@H]1NC(=O)C(c2ccccc2)NC(=O)[C@H](Cc2c[nH]cn2)NC(=O)CCC(=O)NCC[C@@H](C(=O)N[C@@H](Cc2c[nH]c3ccccc23)C(N)=O)NC1=O. The van der Waals surface area contributed by atoms with Crippen LogP contribution < -0.4 is 48.7 Å². The second kappa shape index (κ2) is 20.8. The van der Waals surface area contributed by atoms with Gasteiger partial charge in [0.15, 0.2) is 5.96 Å². The van der Waals surface area contributed by atoms with Crippen molar-refractivity contribution in [2.75, 3.05) is 13.1 Å². The average molecular weight is 812 g/mol. The zero-order valence-corrected chi connectivity index (χ0v) is 32.1. The summed E-state index contributed by atoms with van der Waals surface area (Å²) in [5, 5.41) is 27.0. The Kier molecular flexibility index (Phi) is 15.1. The average Bonchev–Trinajstić information content (AvgIpc) is 3.89. The lowest BCUT2D eigenvalue weighted by atomic mass is 10.0. The number of primary amides is 1. The first-order valence-corrected chi connectivity index (χ1v) is 19.1. The van der Waals surface area contributed by atoms with Crippen molar-refractivity contribution in [1.82, 2.24) is 52.2 Å². The summed E-state index contributed by atoms with van der Waals surface area (Å²) in [5.74, 6) is -5.39. The number of hydrogen-bond acceptors (Lipinski definition) is 9. The van der Waals surface area contributed by atoms with Crippen LogP contribution in [0.4, 0.5) is 0 Å². The molecule has 14 N–H and O–H groups in total. The lowest BCUT2D eigenvalue weighted by Crippen LogP contribution is -2.58. The van der Waals surface area contributed by atoms with Gasteiger partial charge in [0.05, 0.1) is 12.0 Å². The number of fused-ring (bicyclic) bond motifs is 1. The van der Waals surface area contributed by atoms with Crippen LogP contribution in [0.25, 0.3) is 10.9 Å². The number of nitrogens with two attached hydrogens (primary N) is 2. The van der Waals surface area contributed by atoms with Gasteiger partial charge >= 0.3 is 0 Å². The summed E-state index contributed by atoms with van der Waals surface area (Å²) in [6, 6.07) is 9.21. The predicted molar refractivity (Wildman–Crippen MR) is 215 cm³/mol. The van der Waals surface area contributed by atoms with Crippen molar-refractivity contribution in [2.45, 2.75) is 75.2 Å². The molecular weight excluding hydrogens is 763 g/mol. The van der Waals surface area contributed by atoms with Crippen LogP contribution in [-0.2, 0) is 46.4 Å². The van der Waals surface area contributed by atoms with E-state index in [1.54, 1.807) is 42.7 Å². The Morgan fingerprint density at radius 1 is 0.847 bits per heavy atom. The molecule has 20 heteroatoms. The summed E-state index contributed by atoms with van der Waals surface area (Å²) in [6.45, 7) is 0.0226. The molecule has 59 heavy (non-hydrogen) atoms. The summed E-state index contributed by atoms with van der Waals surface area (Å²) >= 11 is 0. The van der Waals surface area contributed by atoms with Gasteiger partial charge in [0.25, 0.3) is 0 Å². The molecule has 0 radical (unpaired) electrons. The lowest BCUT2D eigenvalue weighted by molar-refractivity contribution is -0.135. The van der Waals surface area contributed by atoms with Gasteiger partial charge in [-0.1, -0.05) is 48.5 Å². The van der Waals surface area contributed by atoms with Crippen molar-refractivity contribution in [3.63, 3.8) is 0 Å². The van der Waals surface area contributed by atoms with Crippen LogP contribution >= 0.6 is 0 Å². The van der Waals surface area contributed by atoms with Gasteiger partial charge in [-0.05, 0) is 36.5 Å². The zero-order valence-electron chi connectivity index (χ0n) is 32.1. The highest BCUT2D eigenvalue weighted by Crippen LogP contribution is 2.20. The third kappa shape index (κ3) is 12.6. The molecule has 0 bridgehead atoms. The molecule has 1 saturated heterocycles. The topological polar surface area (TPSA) is 324 Å². The van der Waals surface area contributed by atoms with Gasteiger partial charge < -0.3 is 58.7 Å². The Labute approximate surface area is 338 Å². The number of rotatable bonds is 12. The lowest BCUT2D eigenvalue weighted by Gasteiger charge is -2.27. The molecule has 0 aliphatic carbocycles.